The molecule has 5 fully saturated rings. The molecule has 1 aromatic heterocycles. The van der Waals surface area contributed by atoms with Crippen LogP contribution in [0.25, 0.3) is 17.5 Å². The molecular formula is C68H112ClN7O31. The number of aliphatic hydroxyl groups is 16. The molecule has 3 amide bonds. The molecule has 39 heteroatoms. The van der Waals surface area contributed by atoms with E-state index in [0.29, 0.717) is 22.8 Å². The van der Waals surface area contributed by atoms with Crippen molar-refractivity contribution >= 4 is 41.4 Å². The quantitative estimate of drug-likeness (QED) is 0.0277. The van der Waals surface area contributed by atoms with Gasteiger partial charge in [0.1, 0.15) is 128 Å². The van der Waals surface area contributed by atoms with Gasteiger partial charge in [0, 0.05) is 37.3 Å². The van der Waals surface area contributed by atoms with Gasteiger partial charge in [0.05, 0.1) is 63.9 Å². The maximum atomic E-state index is 13.7. The van der Waals surface area contributed by atoms with Crippen LogP contribution in [-0.4, -0.2) is 331 Å². The number of aliphatic carboxylic acids is 1. The molecule has 5 aliphatic rings. The molecule has 5 aliphatic heterocycles. The summed E-state index contributed by atoms with van der Waals surface area (Å²) in [5.74, 6) is -7.77. The Labute approximate surface area is 623 Å². The number of rotatable bonds is 42. The van der Waals surface area contributed by atoms with Gasteiger partial charge in [-0.25, -0.2) is 4.98 Å². The Morgan fingerprint density at radius 2 is 1.13 bits per heavy atom. The molecular weight excluding hydrogens is 1450 g/mol. The number of carbonyl (C=O) groups excluding carboxylic acids is 4. The van der Waals surface area contributed by atoms with Crippen molar-refractivity contribution in [1.29, 1.82) is 0 Å². The minimum Gasteiger partial charge on any atom is -0.544 e. The number of H-pyrrole nitrogens is 1. The van der Waals surface area contributed by atoms with Gasteiger partial charge in [0.2, 0.25) is 23.5 Å². The number of hydrogen-bond acceptors (Lipinski definition) is 33. The number of nitrogens with one attached hydrogen (secondary N) is 4. The summed E-state index contributed by atoms with van der Waals surface area (Å²) in [7, 11) is 0. The van der Waals surface area contributed by atoms with E-state index in [0.717, 1.165) is 46.0 Å². The maximum Gasteiger partial charge on any atom is 0.220 e. The third-order valence-electron chi connectivity index (χ3n) is 19.3. The fourth-order valence-electron chi connectivity index (χ4n) is 13.4. The van der Waals surface area contributed by atoms with Crippen LogP contribution in [0.4, 0.5) is 0 Å². The van der Waals surface area contributed by atoms with Crippen LogP contribution in [0.3, 0.4) is 0 Å². The summed E-state index contributed by atoms with van der Waals surface area (Å²) in [6.07, 6.45) is -32.6. The molecule has 0 saturated carbocycles. The predicted octanol–water partition coefficient (Wildman–Crippen LogP) is -5.11. The van der Waals surface area contributed by atoms with Crippen molar-refractivity contribution in [2.45, 2.75) is 301 Å². The van der Waals surface area contributed by atoms with E-state index in [1.54, 1.807) is 24.3 Å². The minimum atomic E-state index is -3.51. The first-order chi connectivity index (χ1) is 50.6. The van der Waals surface area contributed by atoms with Crippen LogP contribution in [-0.2, 0) is 66.5 Å². The second-order valence-electron chi connectivity index (χ2n) is 27.4. The third-order valence-corrected chi connectivity index (χ3v) is 19.6. The number of aliphatic hydroxyl groups excluding tert-OH is 16. The monoisotopic (exact) mass is 1560 g/mol. The highest BCUT2D eigenvalue weighted by molar-refractivity contribution is 6.30. The van der Waals surface area contributed by atoms with Crippen molar-refractivity contribution in [2.75, 3.05) is 39.6 Å². The average Bonchev–Trinajstić information content (AvgIpc) is 1.21. The van der Waals surface area contributed by atoms with Crippen molar-refractivity contribution in [3.63, 3.8) is 0 Å². The summed E-state index contributed by atoms with van der Waals surface area (Å²) in [4.78, 5) is 57.3. The Hall–Kier alpha value is -4.81. The van der Waals surface area contributed by atoms with Crippen LogP contribution in [0.1, 0.15) is 136 Å². The van der Waals surface area contributed by atoms with Gasteiger partial charge in [0.25, 0.3) is 0 Å². The number of halogens is 1. The Kier molecular flexibility index (Phi) is 37.8. The first-order valence-corrected chi connectivity index (χ1v) is 36.5. The van der Waals surface area contributed by atoms with Crippen molar-refractivity contribution in [3.8, 4) is 11.4 Å². The zero-order valence-electron chi connectivity index (χ0n) is 60.4. The molecule has 0 aliphatic carbocycles. The smallest absolute Gasteiger partial charge is 0.220 e. The largest absolute Gasteiger partial charge is 0.544 e. The van der Waals surface area contributed by atoms with E-state index in [9.17, 15) is 106 Å². The van der Waals surface area contributed by atoms with Crippen molar-refractivity contribution in [3.05, 3.63) is 41.2 Å². The maximum absolute atomic E-state index is 13.7. The van der Waals surface area contributed by atoms with E-state index in [4.69, 9.17) is 59.0 Å². The Balaban J connectivity index is 0.0000179. The number of ether oxygens (including phenoxy) is 10. The summed E-state index contributed by atoms with van der Waals surface area (Å²) < 4.78 is 59.7. The van der Waals surface area contributed by atoms with Gasteiger partial charge in [-0.1, -0.05) is 114 Å². The SMILES string of the molecule is CCCCCCCCCCCCCCCCCC(=O)N[C@@H](CO[C@@H]1O[C@H](CO)[C@@H](O[C@@H]2O[C@H](CO)[C@H](O[C@@H]3O[C@H](CO)[C@H](O)[C@H](O[C@@H]4O[C@H](CO)[C@H](O)[C@H](O)[C@H]4O)[C@H]3NC(C)=O)[C@H](O[C@]3(C(=O)[O-])C[C@H](O)C(NC(C)=O)C([C@H](O)[C@H](O)CO)O3)[C@H]2O)[C@H](O)[C@H]1O)[C@H](O)/C=C/c1nc(-c2ccc(Cl)cc2)n[nH]1.[NH4+]. The molecule has 38 nitrogen and oxygen atoms in total. The zero-order valence-corrected chi connectivity index (χ0v) is 61.1. The van der Waals surface area contributed by atoms with Gasteiger partial charge >= 0.3 is 0 Å². The zero-order chi connectivity index (χ0) is 77.5. The molecule has 24 N–H and O–H groups in total. The lowest BCUT2D eigenvalue weighted by Gasteiger charge is -2.54. The fourth-order valence-corrected chi connectivity index (χ4v) is 13.5. The van der Waals surface area contributed by atoms with E-state index in [1.807, 2.05) is 0 Å². The molecule has 2 aromatic rings. The van der Waals surface area contributed by atoms with Gasteiger partial charge in [-0.2, -0.15) is 5.10 Å². The molecule has 0 radical (unpaired) electrons. The minimum absolute atomic E-state index is 0. The van der Waals surface area contributed by atoms with Crippen molar-refractivity contribution in [2.24, 2.45) is 0 Å². The number of carboxylic acids is 1. The lowest BCUT2D eigenvalue weighted by atomic mass is 9.88. The van der Waals surface area contributed by atoms with E-state index >= 15 is 0 Å². The van der Waals surface area contributed by atoms with Crippen LogP contribution in [0.15, 0.2) is 30.3 Å². The molecule has 5 saturated heterocycles. The highest BCUT2D eigenvalue weighted by atomic mass is 35.5. The number of benzene rings is 1. The average molecular weight is 1560 g/mol. The molecule has 107 heavy (non-hydrogen) atoms. The van der Waals surface area contributed by atoms with Gasteiger partial charge in [-0.3, -0.25) is 19.5 Å². The van der Waals surface area contributed by atoms with Gasteiger partial charge in [-0.05, 0) is 36.8 Å². The molecule has 612 valence electrons. The lowest BCUT2D eigenvalue weighted by molar-refractivity contribution is -0.421. The molecule has 1 aromatic carbocycles. The van der Waals surface area contributed by atoms with E-state index in [-0.39, 0.29) is 18.4 Å². The summed E-state index contributed by atoms with van der Waals surface area (Å²) in [5.41, 5.74) is 0.619. The summed E-state index contributed by atoms with van der Waals surface area (Å²) in [6, 6.07) is 1.65. The van der Waals surface area contributed by atoms with E-state index < -0.39 is 241 Å². The number of aromatic nitrogens is 3. The topological polar surface area (TPSA) is 621 Å². The molecule has 2 unspecified atom stereocenters. The van der Waals surface area contributed by atoms with Crippen molar-refractivity contribution in [1.82, 2.24) is 37.3 Å². The second kappa shape index (κ2) is 44.4. The number of amides is 3. The third kappa shape index (κ3) is 24.8. The number of hydrogen-bond donors (Lipinski definition) is 21. The summed E-state index contributed by atoms with van der Waals surface area (Å²) >= 11 is 6.07. The van der Waals surface area contributed by atoms with Crippen LogP contribution < -0.4 is 27.2 Å². The van der Waals surface area contributed by atoms with E-state index in [1.165, 1.54) is 69.9 Å². The molecule has 6 heterocycles. The first kappa shape index (κ1) is 91.1. The summed E-state index contributed by atoms with van der Waals surface area (Å²) in [6.45, 7) is -2.22. The predicted molar refractivity (Wildman–Crippen MR) is 367 cm³/mol. The molecule has 7 rings (SSSR count). The van der Waals surface area contributed by atoms with Crippen molar-refractivity contribution < 1.29 is 153 Å². The molecule has 0 bridgehead atoms. The van der Waals surface area contributed by atoms with E-state index in [2.05, 4.69) is 38.1 Å². The fraction of sp³-hybridized carbons (Fsp3) is 0.794. The van der Waals surface area contributed by atoms with Crippen LogP contribution >= 0.6 is 11.6 Å². The second-order valence-corrected chi connectivity index (χ2v) is 27.9. The number of carboxylic acid groups (broad SMARTS) is 1. The van der Waals surface area contributed by atoms with Crippen LogP contribution in [0, 0.1) is 0 Å². The molecule has 0 spiro atoms. The van der Waals surface area contributed by atoms with Gasteiger partial charge < -0.3 is 161 Å². The number of nitrogens with zero attached hydrogens (tertiary/aromatic N) is 2. The first-order valence-electron chi connectivity index (χ1n) is 36.1. The number of carbonyl (C=O) groups is 4. The standard InChI is InChI=1S/C68H109ClN6O31.H3N/c1-4-5-6-7-8-9-10-11-12-13-14-15-16-17-18-19-46(86)72-37(38(83)24-25-45-73-62(75-74-45)35-20-22-36(69)23-21-35)32-97-64-55(93)53(91)57(43(30-79)100-64)102-66-56(94)61(106-68(67(95)96)26-39(84)47(70-33(2)81)60(105-68)49(87)40(85)27-76)58(44(31-80)101-66)103-63-48(71-34(3)82)59(51(89)42(29-78)98-63)104-65-54(92)52(90)50(88)41(28-77)99-65;/h20-25,37-44,47-61,63-66,76-80,83-85,87-94H,4-19,26-32H2,1-3H3,(H,70,81)(H,71,82)(H,72,86)(H,95,96)(H,73,74,75);1H3/b25-24+;/t37-,38+,39-,40+,41+,42+,43+,44+,47?,48+,49+,50-,51-,52-,53+,54+,55+,56+,57+,58-,59+,60?,61+,63-,64+,65-,66-,68-;/m0./s1. The number of aromatic amines is 1. The Bertz CT molecular complexity index is 2990. The number of unbranched alkanes of at least 4 members (excludes halogenated alkanes) is 14. The Morgan fingerprint density at radius 1 is 0.626 bits per heavy atom. The normalized spacial score (nSPS) is 34.4. The highest BCUT2D eigenvalue weighted by Crippen LogP contribution is 2.41. The summed E-state index contributed by atoms with van der Waals surface area (Å²) in [5, 5.41) is 206. The Morgan fingerprint density at radius 3 is 1.70 bits per heavy atom. The van der Waals surface area contributed by atoms with Gasteiger partial charge in [0.15, 0.2) is 31.0 Å². The van der Waals surface area contributed by atoms with Gasteiger partial charge in [-0.15, -0.1) is 0 Å². The number of quaternary nitrogens is 1. The lowest BCUT2D eigenvalue weighted by Crippen LogP contribution is -2.73. The van der Waals surface area contributed by atoms with Crippen LogP contribution in [0.2, 0.25) is 5.02 Å². The molecule has 28 atom stereocenters. The highest BCUT2D eigenvalue weighted by Gasteiger charge is 2.61. The van der Waals surface area contributed by atoms with Crippen LogP contribution in [0.5, 0.6) is 0 Å².